The number of hydrogen-bond donors (Lipinski definition) is 0. The van der Waals surface area contributed by atoms with Crippen LogP contribution in [0.1, 0.15) is 11.1 Å². The maximum atomic E-state index is 13.6. The molecule has 0 bridgehead atoms. The summed E-state index contributed by atoms with van der Waals surface area (Å²) in [5, 5.41) is 9.11. The second kappa shape index (κ2) is 4.93. The van der Waals surface area contributed by atoms with Crippen LogP contribution in [-0.4, -0.2) is 9.97 Å². The van der Waals surface area contributed by atoms with Gasteiger partial charge in [-0.1, -0.05) is 0 Å². The molecule has 0 saturated heterocycles. The highest BCUT2D eigenvalue weighted by molar-refractivity contribution is 7.99. The highest BCUT2D eigenvalue weighted by Gasteiger charge is 2.07. The smallest absolute Gasteiger partial charge is 0.192 e. The molecule has 0 aliphatic heterocycles. The zero-order chi connectivity index (χ0) is 12.3. The summed E-state index contributed by atoms with van der Waals surface area (Å²) in [4.78, 5) is 8.56. The minimum absolute atomic E-state index is 0.302. The first-order valence-corrected chi connectivity index (χ1v) is 5.67. The number of nitrogens with zero attached hydrogens (tertiary/aromatic N) is 3. The van der Waals surface area contributed by atoms with Crippen molar-refractivity contribution in [1.29, 1.82) is 5.26 Å². The molecule has 1 aromatic heterocycles. The third-order valence-corrected chi connectivity index (χ3v) is 2.96. The molecule has 0 N–H and O–H groups in total. The van der Waals surface area contributed by atoms with Crippen molar-refractivity contribution >= 4 is 11.8 Å². The van der Waals surface area contributed by atoms with E-state index in [4.69, 9.17) is 5.26 Å². The number of aromatic nitrogens is 2. The van der Waals surface area contributed by atoms with Gasteiger partial charge >= 0.3 is 0 Å². The number of benzene rings is 1. The molecule has 0 fully saturated rings. The molecule has 3 nitrogen and oxygen atoms in total. The SMILES string of the molecule is Cc1cnc(Sc2ccc(C#N)cc2F)nc1. The van der Waals surface area contributed by atoms with E-state index in [1.807, 2.05) is 13.0 Å². The predicted molar refractivity (Wildman–Crippen MR) is 62.0 cm³/mol. The number of aryl methyl sites for hydroxylation is 1. The van der Waals surface area contributed by atoms with Gasteiger partial charge < -0.3 is 0 Å². The normalized spacial score (nSPS) is 9.94. The van der Waals surface area contributed by atoms with Gasteiger partial charge in [0.1, 0.15) is 5.82 Å². The number of halogens is 1. The van der Waals surface area contributed by atoms with Crippen LogP contribution in [0, 0.1) is 24.1 Å². The second-order valence-corrected chi connectivity index (χ2v) is 4.41. The van der Waals surface area contributed by atoms with E-state index in [0.29, 0.717) is 15.6 Å². The second-order valence-electron chi connectivity index (χ2n) is 3.40. The maximum Gasteiger partial charge on any atom is 0.192 e. The minimum Gasteiger partial charge on any atom is -0.231 e. The average molecular weight is 245 g/mol. The van der Waals surface area contributed by atoms with Crippen LogP contribution in [0.15, 0.2) is 40.6 Å². The van der Waals surface area contributed by atoms with Crippen LogP contribution in [0.4, 0.5) is 4.39 Å². The fourth-order valence-corrected chi connectivity index (χ4v) is 1.88. The Kier molecular flexibility index (Phi) is 3.35. The number of hydrogen-bond acceptors (Lipinski definition) is 4. The molecule has 2 rings (SSSR count). The van der Waals surface area contributed by atoms with Crippen LogP contribution in [0.25, 0.3) is 0 Å². The van der Waals surface area contributed by atoms with E-state index >= 15 is 0 Å². The summed E-state index contributed by atoms with van der Waals surface area (Å²) in [7, 11) is 0. The van der Waals surface area contributed by atoms with Gasteiger partial charge in [0.15, 0.2) is 5.16 Å². The largest absolute Gasteiger partial charge is 0.231 e. The van der Waals surface area contributed by atoms with Crippen LogP contribution in [0.5, 0.6) is 0 Å². The van der Waals surface area contributed by atoms with Crippen molar-refractivity contribution in [2.45, 2.75) is 17.0 Å². The molecule has 5 heteroatoms. The van der Waals surface area contributed by atoms with Crippen molar-refractivity contribution in [2.75, 3.05) is 0 Å². The van der Waals surface area contributed by atoms with Crippen LogP contribution in [-0.2, 0) is 0 Å². The monoisotopic (exact) mass is 245 g/mol. The van der Waals surface area contributed by atoms with Crippen LogP contribution in [0.2, 0.25) is 0 Å². The highest BCUT2D eigenvalue weighted by Crippen LogP contribution is 2.27. The molecule has 84 valence electrons. The molecule has 0 saturated carbocycles. The van der Waals surface area contributed by atoms with Crippen LogP contribution in [0.3, 0.4) is 0 Å². The molecule has 1 heterocycles. The lowest BCUT2D eigenvalue weighted by Gasteiger charge is -2.02. The third-order valence-electron chi connectivity index (χ3n) is 2.02. The van der Waals surface area contributed by atoms with Crippen molar-refractivity contribution in [3.05, 3.63) is 47.5 Å². The van der Waals surface area contributed by atoms with E-state index in [1.165, 1.54) is 6.07 Å². The van der Waals surface area contributed by atoms with Gasteiger partial charge in [-0.2, -0.15) is 5.26 Å². The zero-order valence-corrected chi connectivity index (χ0v) is 9.83. The minimum atomic E-state index is -0.432. The van der Waals surface area contributed by atoms with Gasteiger partial charge in [-0.05, 0) is 42.4 Å². The summed E-state index contributed by atoms with van der Waals surface area (Å²) < 4.78 is 13.6. The molecule has 17 heavy (non-hydrogen) atoms. The Labute approximate surface area is 102 Å². The molecule has 0 aliphatic carbocycles. The first-order chi connectivity index (χ1) is 8.19. The van der Waals surface area contributed by atoms with Crippen molar-refractivity contribution in [3.8, 4) is 6.07 Å². The summed E-state index contributed by atoms with van der Waals surface area (Å²) in [6.45, 7) is 1.89. The summed E-state index contributed by atoms with van der Waals surface area (Å²) in [6.07, 6.45) is 3.35. The molecule has 0 unspecified atom stereocenters. The zero-order valence-electron chi connectivity index (χ0n) is 9.01. The van der Waals surface area contributed by atoms with E-state index in [9.17, 15) is 4.39 Å². The molecule has 2 aromatic rings. The van der Waals surface area contributed by atoms with Crippen molar-refractivity contribution in [1.82, 2.24) is 9.97 Å². The van der Waals surface area contributed by atoms with Gasteiger partial charge in [0.05, 0.1) is 16.5 Å². The highest BCUT2D eigenvalue weighted by atomic mass is 32.2. The Hall–Kier alpha value is -1.93. The Balaban J connectivity index is 2.25. The molecule has 0 aliphatic rings. The Morgan fingerprint density at radius 1 is 1.29 bits per heavy atom. The van der Waals surface area contributed by atoms with E-state index in [-0.39, 0.29) is 0 Å². The van der Waals surface area contributed by atoms with E-state index < -0.39 is 5.82 Å². The molecular weight excluding hydrogens is 237 g/mol. The summed E-state index contributed by atoms with van der Waals surface area (Å²) in [5.74, 6) is -0.432. The van der Waals surface area contributed by atoms with Gasteiger partial charge in [-0.15, -0.1) is 0 Å². The first-order valence-electron chi connectivity index (χ1n) is 4.85. The summed E-state index contributed by atoms with van der Waals surface area (Å²) >= 11 is 1.14. The molecule has 0 amide bonds. The molecule has 0 atom stereocenters. The molecular formula is C12H8FN3S. The first kappa shape index (κ1) is 11.6. The third kappa shape index (κ3) is 2.80. The predicted octanol–water partition coefficient (Wildman–Crippen LogP) is 2.95. The Morgan fingerprint density at radius 2 is 2.00 bits per heavy atom. The van der Waals surface area contributed by atoms with Gasteiger partial charge in [-0.3, -0.25) is 0 Å². The lowest BCUT2D eigenvalue weighted by atomic mass is 10.2. The van der Waals surface area contributed by atoms with E-state index in [2.05, 4.69) is 9.97 Å². The fraction of sp³-hybridized carbons (Fsp3) is 0.0833. The Bertz CT molecular complexity index is 575. The average Bonchev–Trinajstić information content (AvgIpc) is 2.34. The van der Waals surface area contributed by atoms with Gasteiger partial charge in [0.25, 0.3) is 0 Å². The Morgan fingerprint density at radius 3 is 2.59 bits per heavy atom. The van der Waals surface area contributed by atoms with Crippen molar-refractivity contribution in [2.24, 2.45) is 0 Å². The molecule has 0 radical (unpaired) electrons. The van der Waals surface area contributed by atoms with Crippen molar-refractivity contribution in [3.63, 3.8) is 0 Å². The number of rotatable bonds is 2. The van der Waals surface area contributed by atoms with Crippen LogP contribution >= 0.6 is 11.8 Å². The standard InChI is InChI=1S/C12H8FN3S/c1-8-6-15-12(16-7-8)17-11-3-2-9(5-14)4-10(11)13/h2-4,6-7H,1H3. The molecule has 0 spiro atoms. The lowest BCUT2D eigenvalue weighted by molar-refractivity contribution is 0.601. The van der Waals surface area contributed by atoms with E-state index in [0.717, 1.165) is 17.3 Å². The quantitative estimate of drug-likeness (QED) is 0.763. The summed E-state index contributed by atoms with van der Waals surface area (Å²) in [6, 6.07) is 6.22. The topological polar surface area (TPSA) is 49.6 Å². The van der Waals surface area contributed by atoms with E-state index in [1.54, 1.807) is 24.5 Å². The molecule has 1 aromatic carbocycles. The van der Waals surface area contributed by atoms with Crippen LogP contribution < -0.4 is 0 Å². The maximum absolute atomic E-state index is 13.6. The fourth-order valence-electron chi connectivity index (χ4n) is 1.18. The van der Waals surface area contributed by atoms with Gasteiger partial charge in [0, 0.05) is 12.4 Å². The summed E-state index contributed by atoms with van der Waals surface area (Å²) in [5.41, 5.74) is 1.26. The lowest BCUT2D eigenvalue weighted by Crippen LogP contribution is -1.89. The number of nitriles is 1. The van der Waals surface area contributed by atoms with Crippen molar-refractivity contribution < 1.29 is 4.39 Å². The van der Waals surface area contributed by atoms with Gasteiger partial charge in [0.2, 0.25) is 0 Å². The van der Waals surface area contributed by atoms with Gasteiger partial charge in [-0.25, -0.2) is 14.4 Å².